The van der Waals surface area contributed by atoms with E-state index in [0.29, 0.717) is 22.8 Å². The van der Waals surface area contributed by atoms with Gasteiger partial charge in [-0.3, -0.25) is 0 Å². The molecule has 106 valence electrons. The van der Waals surface area contributed by atoms with Gasteiger partial charge in [-0.2, -0.15) is 5.26 Å². The van der Waals surface area contributed by atoms with Gasteiger partial charge in [-0.25, -0.2) is 0 Å². The summed E-state index contributed by atoms with van der Waals surface area (Å²) in [7, 11) is 3.14. The normalized spacial score (nSPS) is 10.8. The third-order valence-electron chi connectivity index (χ3n) is 3.06. The molecule has 0 unspecified atom stereocenters. The van der Waals surface area contributed by atoms with E-state index in [9.17, 15) is 5.26 Å². The van der Waals surface area contributed by atoms with E-state index in [1.165, 1.54) is 0 Å². The fraction of sp³-hybridized carbons (Fsp3) is 0.118. The van der Waals surface area contributed by atoms with Crippen LogP contribution in [0.5, 0.6) is 11.5 Å². The van der Waals surface area contributed by atoms with Crippen LogP contribution in [0.4, 0.5) is 5.69 Å². The average molecular weight is 280 g/mol. The lowest BCUT2D eigenvalue weighted by molar-refractivity contribution is 0.355. The second-order valence-corrected chi connectivity index (χ2v) is 4.41. The van der Waals surface area contributed by atoms with Crippen LogP contribution in [0.1, 0.15) is 11.1 Å². The fourth-order valence-electron chi connectivity index (χ4n) is 1.94. The summed E-state index contributed by atoms with van der Waals surface area (Å²) < 4.78 is 10.5. The summed E-state index contributed by atoms with van der Waals surface area (Å²) in [6.45, 7) is 0. The summed E-state index contributed by atoms with van der Waals surface area (Å²) in [5, 5.41) is 9.37. The molecule has 2 aromatic rings. The van der Waals surface area contributed by atoms with Crippen molar-refractivity contribution >= 4 is 17.3 Å². The maximum Gasteiger partial charge on any atom is 0.161 e. The summed E-state index contributed by atoms with van der Waals surface area (Å²) in [4.78, 5) is 0. The Kier molecular flexibility index (Phi) is 4.47. The van der Waals surface area contributed by atoms with E-state index in [0.717, 1.165) is 11.1 Å². The number of benzene rings is 2. The Bertz CT molecular complexity index is 698. The van der Waals surface area contributed by atoms with E-state index >= 15 is 0 Å². The number of rotatable bonds is 4. The van der Waals surface area contributed by atoms with Gasteiger partial charge in [0.05, 0.1) is 25.9 Å². The van der Waals surface area contributed by atoms with Gasteiger partial charge in [0.2, 0.25) is 0 Å². The Balaban J connectivity index is 2.42. The Morgan fingerprint density at radius 2 is 1.71 bits per heavy atom. The maximum absolute atomic E-state index is 9.37. The summed E-state index contributed by atoms with van der Waals surface area (Å²) in [5.74, 6) is 1.22. The quantitative estimate of drug-likeness (QED) is 0.530. The Hall–Kier alpha value is -2.93. The molecule has 0 saturated carbocycles. The molecule has 0 bridgehead atoms. The van der Waals surface area contributed by atoms with Crippen molar-refractivity contribution in [2.24, 2.45) is 0 Å². The third-order valence-corrected chi connectivity index (χ3v) is 3.06. The summed E-state index contributed by atoms with van der Waals surface area (Å²) >= 11 is 0. The number of allylic oxidation sites excluding steroid dienone is 1. The molecule has 2 rings (SSSR count). The lowest BCUT2D eigenvalue weighted by Gasteiger charge is -2.09. The van der Waals surface area contributed by atoms with Crippen LogP contribution in [0.3, 0.4) is 0 Å². The van der Waals surface area contributed by atoms with Crippen LogP contribution in [0.25, 0.3) is 11.6 Å². The topological polar surface area (TPSA) is 68.3 Å². The third kappa shape index (κ3) is 3.34. The highest BCUT2D eigenvalue weighted by atomic mass is 16.5. The van der Waals surface area contributed by atoms with Crippen LogP contribution in [-0.2, 0) is 0 Å². The number of nitrogen functional groups attached to an aromatic ring is 1. The molecule has 4 heteroatoms. The summed E-state index contributed by atoms with van der Waals surface area (Å²) in [6, 6.07) is 14.9. The molecule has 0 aliphatic carbocycles. The molecule has 0 heterocycles. The number of hydrogen-bond acceptors (Lipinski definition) is 4. The molecule has 0 spiro atoms. The predicted octanol–water partition coefficient (Wildman–Crippen LogP) is 3.35. The number of nitriles is 1. The lowest BCUT2D eigenvalue weighted by atomic mass is 10.0. The number of nitrogens with zero attached hydrogens (tertiary/aromatic N) is 1. The predicted molar refractivity (Wildman–Crippen MR) is 83.9 cm³/mol. The summed E-state index contributed by atoms with van der Waals surface area (Å²) in [6.07, 6.45) is 1.81. The van der Waals surface area contributed by atoms with Gasteiger partial charge in [-0.15, -0.1) is 0 Å². The monoisotopic (exact) mass is 280 g/mol. The van der Waals surface area contributed by atoms with E-state index in [-0.39, 0.29) is 0 Å². The lowest BCUT2D eigenvalue weighted by Crippen LogP contribution is -1.92. The van der Waals surface area contributed by atoms with Gasteiger partial charge in [0, 0.05) is 5.69 Å². The van der Waals surface area contributed by atoms with Crippen LogP contribution in [0.15, 0.2) is 42.5 Å². The van der Waals surface area contributed by atoms with Crippen molar-refractivity contribution in [1.29, 1.82) is 5.26 Å². The first kappa shape index (κ1) is 14.5. The van der Waals surface area contributed by atoms with Crippen molar-refractivity contribution in [2.45, 2.75) is 0 Å². The number of anilines is 1. The van der Waals surface area contributed by atoms with Gasteiger partial charge in [0.15, 0.2) is 11.5 Å². The van der Waals surface area contributed by atoms with E-state index in [1.54, 1.807) is 44.6 Å². The van der Waals surface area contributed by atoms with Crippen molar-refractivity contribution in [3.05, 3.63) is 53.6 Å². The number of methoxy groups -OCH3 is 2. The minimum atomic E-state index is 0.542. The molecule has 0 saturated heterocycles. The highest BCUT2D eigenvalue weighted by Crippen LogP contribution is 2.30. The zero-order valence-corrected chi connectivity index (χ0v) is 12.0. The van der Waals surface area contributed by atoms with E-state index in [4.69, 9.17) is 15.2 Å². The molecule has 0 atom stereocenters. The maximum atomic E-state index is 9.37. The van der Waals surface area contributed by atoms with Gasteiger partial charge < -0.3 is 15.2 Å². The molecule has 2 N–H and O–H groups in total. The van der Waals surface area contributed by atoms with Crippen molar-refractivity contribution < 1.29 is 9.47 Å². The molecule has 0 aromatic heterocycles. The second kappa shape index (κ2) is 6.49. The molecular weight excluding hydrogens is 264 g/mol. The van der Waals surface area contributed by atoms with Crippen LogP contribution in [0.2, 0.25) is 0 Å². The van der Waals surface area contributed by atoms with Gasteiger partial charge >= 0.3 is 0 Å². The van der Waals surface area contributed by atoms with Crippen LogP contribution in [0, 0.1) is 11.3 Å². The first-order valence-electron chi connectivity index (χ1n) is 6.37. The highest BCUT2D eigenvalue weighted by molar-refractivity contribution is 5.90. The van der Waals surface area contributed by atoms with E-state index in [1.807, 2.05) is 18.2 Å². The standard InChI is InChI=1S/C17H16N2O2/c1-20-16-8-5-13(10-17(16)21-2)14(11-18)9-12-3-6-15(19)7-4-12/h3-10H,19H2,1-2H3/b14-9+. The fourth-order valence-corrected chi connectivity index (χ4v) is 1.94. The van der Waals surface area contributed by atoms with Crippen molar-refractivity contribution in [1.82, 2.24) is 0 Å². The van der Waals surface area contributed by atoms with Crippen LogP contribution in [-0.4, -0.2) is 14.2 Å². The first-order chi connectivity index (χ1) is 10.2. The number of ether oxygens (including phenoxy) is 2. The van der Waals surface area contributed by atoms with E-state index < -0.39 is 0 Å². The van der Waals surface area contributed by atoms with Gasteiger partial charge in [0.25, 0.3) is 0 Å². The molecule has 0 radical (unpaired) electrons. The molecule has 0 amide bonds. The SMILES string of the molecule is COc1ccc(/C(C#N)=C/c2ccc(N)cc2)cc1OC. The molecule has 2 aromatic carbocycles. The minimum absolute atomic E-state index is 0.542. The molecule has 4 nitrogen and oxygen atoms in total. The minimum Gasteiger partial charge on any atom is -0.493 e. The average Bonchev–Trinajstić information content (AvgIpc) is 2.53. The van der Waals surface area contributed by atoms with Gasteiger partial charge in [0.1, 0.15) is 0 Å². The van der Waals surface area contributed by atoms with Crippen LogP contribution >= 0.6 is 0 Å². The first-order valence-corrected chi connectivity index (χ1v) is 6.37. The van der Waals surface area contributed by atoms with Crippen molar-refractivity contribution in [2.75, 3.05) is 20.0 Å². The van der Waals surface area contributed by atoms with Gasteiger partial charge in [-0.05, 0) is 47.5 Å². The van der Waals surface area contributed by atoms with Crippen molar-refractivity contribution in [3.63, 3.8) is 0 Å². The van der Waals surface area contributed by atoms with Crippen LogP contribution < -0.4 is 15.2 Å². The second-order valence-electron chi connectivity index (χ2n) is 4.41. The molecular formula is C17H16N2O2. The van der Waals surface area contributed by atoms with Gasteiger partial charge in [-0.1, -0.05) is 12.1 Å². The van der Waals surface area contributed by atoms with E-state index in [2.05, 4.69) is 6.07 Å². The molecule has 0 fully saturated rings. The Labute approximate surface area is 124 Å². The zero-order chi connectivity index (χ0) is 15.2. The molecule has 21 heavy (non-hydrogen) atoms. The smallest absolute Gasteiger partial charge is 0.161 e. The molecule has 0 aliphatic rings. The zero-order valence-electron chi connectivity index (χ0n) is 12.0. The highest BCUT2D eigenvalue weighted by Gasteiger charge is 2.08. The largest absolute Gasteiger partial charge is 0.493 e. The number of hydrogen-bond donors (Lipinski definition) is 1. The Morgan fingerprint density at radius 3 is 2.29 bits per heavy atom. The number of nitrogens with two attached hydrogens (primary N) is 1. The summed E-state index contributed by atoms with van der Waals surface area (Å²) in [5.41, 5.74) is 8.57. The van der Waals surface area contributed by atoms with Crippen molar-refractivity contribution in [3.8, 4) is 17.6 Å². The Morgan fingerprint density at radius 1 is 1.05 bits per heavy atom. The molecule has 0 aliphatic heterocycles.